The quantitative estimate of drug-likeness (QED) is 0.923. The van der Waals surface area contributed by atoms with Crippen molar-refractivity contribution in [2.45, 2.75) is 37.6 Å². The van der Waals surface area contributed by atoms with E-state index in [0.29, 0.717) is 18.4 Å². The van der Waals surface area contributed by atoms with Gasteiger partial charge in [0.25, 0.3) is 0 Å². The van der Waals surface area contributed by atoms with Crippen LogP contribution in [0.3, 0.4) is 0 Å². The lowest BCUT2D eigenvalue weighted by Crippen LogP contribution is -2.68. The smallest absolute Gasteiger partial charge is 0.146 e. The third kappa shape index (κ3) is 1.79. The van der Waals surface area contributed by atoms with Gasteiger partial charge in [-0.1, -0.05) is 12.1 Å². The molecule has 0 atom stereocenters. The predicted octanol–water partition coefficient (Wildman–Crippen LogP) is 3.42. The highest BCUT2D eigenvalue weighted by atomic mass is 19.1. The Kier molecular flexibility index (Phi) is 3.04. The first kappa shape index (κ1) is 13.6. The molecular weight excluding hydrogens is 263 g/mol. The Bertz CT molecular complexity index is 514. The van der Waals surface area contributed by atoms with E-state index in [2.05, 4.69) is 11.9 Å². The number of hydrogen-bond donors (Lipinski definition) is 1. The predicted molar refractivity (Wildman–Crippen MR) is 83.6 cm³/mol. The third-order valence-corrected chi connectivity index (χ3v) is 6.72. The summed E-state index contributed by atoms with van der Waals surface area (Å²) >= 11 is 0. The number of rotatable bonds is 3. The molecule has 0 saturated heterocycles. The van der Waals surface area contributed by atoms with Crippen molar-refractivity contribution >= 4 is 5.69 Å². The normalized spacial score (nSPS) is 40.5. The van der Waals surface area contributed by atoms with Crippen molar-refractivity contribution in [3.63, 3.8) is 0 Å². The van der Waals surface area contributed by atoms with Crippen LogP contribution in [0, 0.1) is 29.5 Å². The zero-order valence-corrected chi connectivity index (χ0v) is 12.8. The Labute approximate surface area is 126 Å². The van der Waals surface area contributed by atoms with Crippen LogP contribution in [0.1, 0.15) is 32.1 Å². The average Bonchev–Trinajstić information content (AvgIpc) is 2.47. The summed E-state index contributed by atoms with van der Waals surface area (Å²) in [6.45, 7) is 0.645. The maximum Gasteiger partial charge on any atom is 0.146 e. The van der Waals surface area contributed by atoms with Gasteiger partial charge in [-0.25, -0.2) is 4.39 Å². The summed E-state index contributed by atoms with van der Waals surface area (Å²) in [6.07, 6.45) is 6.61. The Morgan fingerprint density at radius 1 is 1.10 bits per heavy atom. The SMILES string of the molecule is CN(c1ccccc1F)C1(CN)C2CC3CC(C2)CC1C3. The lowest BCUT2D eigenvalue weighted by Gasteiger charge is -2.64. The van der Waals surface area contributed by atoms with Crippen LogP contribution in [-0.4, -0.2) is 19.1 Å². The third-order valence-electron chi connectivity index (χ3n) is 6.72. The zero-order chi connectivity index (χ0) is 14.6. The summed E-state index contributed by atoms with van der Waals surface area (Å²) in [4.78, 5) is 2.20. The fourth-order valence-electron chi connectivity index (χ4n) is 5.97. The van der Waals surface area contributed by atoms with Crippen molar-refractivity contribution in [3.8, 4) is 0 Å². The van der Waals surface area contributed by atoms with Crippen LogP contribution in [0.4, 0.5) is 10.1 Å². The minimum Gasteiger partial charge on any atom is -0.365 e. The number of likely N-dealkylation sites (N-methyl/N-ethyl adjacent to an activating group) is 1. The molecule has 21 heavy (non-hydrogen) atoms. The monoisotopic (exact) mass is 288 g/mol. The van der Waals surface area contributed by atoms with Crippen LogP contribution in [0.25, 0.3) is 0 Å². The summed E-state index contributed by atoms with van der Waals surface area (Å²) in [5.74, 6) is 2.97. The second-order valence-electron chi connectivity index (χ2n) is 7.51. The van der Waals surface area contributed by atoms with Crippen molar-refractivity contribution in [1.82, 2.24) is 0 Å². The minimum atomic E-state index is -0.123. The number of hydrogen-bond acceptors (Lipinski definition) is 2. The van der Waals surface area contributed by atoms with Gasteiger partial charge in [-0.15, -0.1) is 0 Å². The molecule has 4 aliphatic carbocycles. The van der Waals surface area contributed by atoms with Crippen LogP contribution in [-0.2, 0) is 0 Å². The molecule has 4 fully saturated rings. The van der Waals surface area contributed by atoms with E-state index in [0.717, 1.165) is 17.5 Å². The highest BCUT2D eigenvalue weighted by Crippen LogP contribution is 2.60. The Hall–Kier alpha value is -1.09. The van der Waals surface area contributed by atoms with Gasteiger partial charge in [-0.3, -0.25) is 0 Å². The van der Waals surface area contributed by atoms with E-state index in [1.54, 1.807) is 12.1 Å². The Morgan fingerprint density at radius 2 is 1.67 bits per heavy atom. The average molecular weight is 288 g/mol. The number of halogens is 1. The Balaban J connectivity index is 1.75. The van der Waals surface area contributed by atoms with E-state index in [1.807, 2.05) is 12.1 Å². The molecule has 0 aliphatic heterocycles. The number of benzene rings is 1. The molecule has 0 heterocycles. The molecule has 1 aromatic rings. The van der Waals surface area contributed by atoms with Crippen LogP contribution < -0.4 is 10.6 Å². The maximum absolute atomic E-state index is 14.3. The zero-order valence-electron chi connectivity index (χ0n) is 12.8. The van der Waals surface area contributed by atoms with Gasteiger partial charge in [-0.05, 0) is 67.9 Å². The van der Waals surface area contributed by atoms with E-state index >= 15 is 0 Å². The Morgan fingerprint density at radius 3 is 2.19 bits per heavy atom. The molecule has 0 radical (unpaired) electrons. The summed E-state index contributed by atoms with van der Waals surface area (Å²) in [7, 11) is 2.06. The standard InChI is InChI=1S/C18H25FN2/c1-21(17-5-3-2-4-16(17)19)18(11-20)14-7-12-6-13(9-14)10-15(18)8-12/h2-5,12-15H,6-11,20H2,1H3. The lowest BCUT2D eigenvalue weighted by atomic mass is 9.48. The molecule has 0 spiro atoms. The molecule has 2 nitrogen and oxygen atoms in total. The summed E-state index contributed by atoms with van der Waals surface area (Å²) in [5.41, 5.74) is 7.00. The molecule has 4 aliphatic rings. The first-order chi connectivity index (χ1) is 10.1. The highest BCUT2D eigenvalue weighted by molar-refractivity contribution is 5.51. The van der Waals surface area contributed by atoms with Gasteiger partial charge in [0.15, 0.2) is 0 Å². The second-order valence-corrected chi connectivity index (χ2v) is 7.51. The summed E-state index contributed by atoms with van der Waals surface area (Å²) in [6, 6.07) is 7.15. The van der Waals surface area contributed by atoms with Crippen molar-refractivity contribution in [2.24, 2.45) is 29.4 Å². The largest absolute Gasteiger partial charge is 0.365 e. The molecule has 0 unspecified atom stereocenters. The fourth-order valence-corrected chi connectivity index (χ4v) is 5.97. The van der Waals surface area contributed by atoms with Crippen LogP contribution in [0.5, 0.6) is 0 Å². The molecule has 114 valence electrons. The molecule has 4 bridgehead atoms. The summed E-state index contributed by atoms with van der Waals surface area (Å²) in [5, 5.41) is 0. The van der Waals surface area contributed by atoms with Gasteiger partial charge < -0.3 is 10.6 Å². The van der Waals surface area contributed by atoms with Crippen molar-refractivity contribution < 1.29 is 4.39 Å². The van der Waals surface area contributed by atoms with E-state index in [9.17, 15) is 4.39 Å². The number of nitrogens with zero attached hydrogens (tertiary/aromatic N) is 1. The molecule has 4 saturated carbocycles. The van der Waals surface area contributed by atoms with E-state index in [1.165, 1.54) is 32.1 Å². The van der Waals surface area contributed by atoms with Gasteiger partial charge in [0.2, 0.25) is 0 Å². The number of nitrogens with two attached hydrogens (primary N) is 1. The van der Waals surface area contributed by atoms with E-state index in [4.69, 9.17) is 5.73 Å². The second kappa shape index (κ2) is 4.70. The molecule has 0 aromatic heterocycles. The molecular formula is C18H25FN2. The number of para-hydroxylation sites is 1. The van der Waals surface area contributed by atoms with Crippen molar-refractivity contribution in [2.75, 3.05) is 18.5 Å². The molecule has 3 heteroatoms. The fraction of sp³-hybridized carbons (Fsp3) is 0.667. The van der Waals surface area contributed by atoms with Gasteiger partial charge in [0, 0.05) is 13.6 Å². The first-order valence-electron chi connectivity index (χ1n) is 8.33. The van der Waals surface area contributed by atoms with Gasteiger partial charge in [0.1, 0.15) is 5.82 Å². The van der Waals surface area contributed by atoms with Gasteiger partial charge in [0.05, 0.1) is 11.2 Å². The molecule has 2 N–H and O–H groups in total. The van der Waals surface area contributed by atoms with Gasteiger partial charge in [-0.2, -0.15) is 0 Å². The van der Waals surface area contributed by atoms with E-state index < -0.39 is 0 Å². The minimum absolute atomic E-state index is 0.0321. The molecule has 5 rings (SSSR count). The van der Waals surface area contributed by atoms with Crippen LogP contribution >= 0.6 is 0 Å². The maximum atomic E-state index is 14.3. The van der Waals surface area contributed by atoms with Crippen molar-refractivity contribution in [1.29, 1.82) is 0 Å². The van der Waals surface area contributed by atoms with Gasteiger partial charge >= 0.3 is 0 Å². The highest BCUT2D eigenvalue weighted by Gasteiger charge is 2.58. The lowest BCUT2D eigenvalue weighted by molar-refractivity contribution is -0.0527. The summed E-state index contributed by atoms with van der Waals surface area (Å²) < 4.78 is 14.3. The first-order valence-corrected chi connectivity index (χ1v) is 8.33. The number of anilines is 1. The van der Waals surface area contributed by atoms with Crippen LogP contribution in [0.2, 0.25) is 0 Å². The molecule has 1 aromatic carbocycles. The topological polar surface area (TPSA) is 29.3 Å². The van der Waals surface area contributed by atoms with E-state index in [-0.39, 0.29) is 11.4 Å². The van der Waals surface area contributed by atoms with Crippen LogP contribution in [0.15, 0.2) is 24.3 Å². The molecule has 0 amide bonds. The van der Waals surface area contributed by atoms with Crippen molar-refractivity contribution in [3.05, 3.63) is 30.1 Å².